The Labute approximate surface area is 318 Å². The maximum absolute atomic E-state index is 13.9. The molecule has 2 heterocycles. The molecule has 0 unspecified atom stereocenters. The third-order valence-electron chi connectivity index (χ3n) is 7.07. The first-order valence-corrected chi connectivity index (χ1v) is 21.6. The number of rotatable bonds is 6. The number of nitrogens with one attached hydrogen (secondary N) is 2. The SMILES string of the molecule is CS(=O)(=O)O.CS(=O)(=O)O.CS(=O)(=O)O.Cc1ccc(C(=O)Nc2ccc(CN3CCN(C)CC3)c(C(F)(F)F)c2)cc1C#Cc1cnc(NC2CC2)nc1. The summed E-state index contributed by atoms with van der Waals surface area (Å²) in [6.07, 6.45) is 3.14. The van der Waals surface area contributed by atoms with E-state index in [1.54, 1.807) is 30.6 Å². The number of carbonyl (C=O) groups is 1. The van der Waals surface area contributed by atoms with Gasteiger partial charge in [0.2, 0.25) is 5.95 Å². The second-order valence-corrected chi connectivity index (χ2v) is 17.0. The van der Waals surface area contributed by atoms with Gasteiger partial charge in [-0.05, 0) is 62.2 Å². The Morgan fingerprint density at radius 3 is 1.87 bits per heavy atom. The third-order valence-corrected chi connectivity index (χ3v) is 7.07. The van der Waals surface area contributed by atoms with Crippen LogP contribution in [0.4, 0.5) is 24.8 Å². The van der Waals surface area contributed by atoms with Gasteiger partial charge in [-0.1, -0.05) is 24.0 Å². The Morgan fingerprint density at radius 2 is 1.38 bits per heavy atom. The predicted octanol–water partition coefficient (Wildman–Crippen LogP) is 3.29. The number of aromatic nitrogens is 2. The van der Waals surface area contributed by atoms with Gasteiger partial charge >= 0.3 is 6.18 Å². The molecule has 3 aromatic rings. The smallest absolute Gasteiger partial charge is 0.351 e. The van der Waals surface area contributed by atoms with Gasteiger partial charge in [0.1, 0.15) is 0 Å². The molecule has 0 atom stereocenters. The molecule has 0 radical (unpaired) electrons. The lowest BCUT2D eigenvalue weighted by Crippen LogP contribution is -2.44. The number of nitrogens with zero attached hydrogens (tertiary/aromatic N) is 4. The van der Waals surface area contributed by atoms with E-state index >= 15 is 0 Å². The first-order chi connectivity index (χ1) is 25.1. The van der Waals surface area contributed by atoms with Gasteiger partial charge in [-0.2, -0.15) is 38.4 Å². The van der Waals surface area contributed by atoms with E-state index in [1.165, 1.54) is 12.1 Å². The van der Waals surface area contributed by atoms with E-state index in [2.05, 4.69) is 37.3 Å². The Hall–Kier alpha value is -4.21. The van der Waals surface area contributed by atoms with Gasteiger partial charge in [0.05, 0.1) is 29.9 Å². The number of likely N-dealkylation sites (N-methyl/N-ethyl adjacent to an activating group) is 1. The summed E-state index contributed by atoms with van der Waals surface area (Å²) in [6, 6.07) is 9.47. The fourth-order valence-corrected chi connectivity index (χ4v) is 4.42. The van der Waals surface area contributed by atoms with Gasteiger partial charge in [-0.3, -0.25) is 23.4 Å². The van der Waals surface area contributed by atoms with Crippen molar-refractivity contribution in [2.75, 3.05) is 62.6 Å². The Bertz CT molecular complexity index is 2070. The maximum atomic E-state index is 13.9. The second-order valence-electron chi connectivity index (χ2n) is 12.6. The van der Waals surface area contributed by atoms with Crippen molar-refractivity contribution in [2.24, 2.45) is 0 Å². The van der Waals surface area contributed by atoms with E-state index in [-0.39, 0.29) is 17.8 Å². The lowest BCUT2D eigenvalue weighted by molar-refractivity contribution is -0.138. The number of hydrogen-bond donors (Lipinski definition) is 5. The first-order valence-electron chi connectivity index (χ1n) is 16.0. The highest BCUT2D eigenvalue weighted by atomic mass is 32.2. The predicted molar refractivity (Wildman–Crippen MR) is 200 cm³/mol. The van der Waals surface area contributed by atoms with Gasteiger partial charge in [0.15, 0.2) is 0 Å². The van der Waals surface area contributed by atoms with Crippen molar-refractivity contribution in [3.05, 3.63) is 82.2 Å². The molecule has 1 aromatic heterocycles. The maximum Gasteiger partial charge on any atom is 0.416 e. The summed E-state index contributed by atoms with van der Waals surface area (Å²) < 4.78 is 119. The zero-order valence-corrected chi connectivity index (χ0v) is 32.9. The van der Waals surface area contributed by atoms with Crippen LogP contribution in [0.3, 0.4) is 0 Å². The second kappa shape index (κ2) is 20.1. The van der Waals surface area contributed by atoms with E-state index in [0.717, 1.165) is 37.6 Å². The summed E-state index contributed by atoms with van der Waals surface area (Å²) in [5.41, 5.74) is 1.97. The molecule has 1 saturated carbocycles. The first kappa shape index (κ1) is 46.9. The highest BCUT2D eigenvalue weighted by Crippen LogP contribution is 2.35. The number of piperazine rings is 1. The molecule has 16 nitrogen and oxygen atoms in total. The number of amides is 1. The van der Waals surface area contributed by atoms with Crippen LogP contribution in [0, 0.1) is 18.8 Å². The van der Waals surface area contributed by atoms with E-state index in [4.69, 9.17) is 13.7 Å². The standard InChI is InChI=1S/C30H31F3N6O.3CH4O3S/c1-20-3-5-23(15-22(20)6-4-21-17-34-29(35-18-21)37-25-9-10-25)28(40)36-26-8-7-24(27(16-26)30(31,32)33)19-39-13-11-38(2)12-14-39;3*1-5(2,3)4/h3,5,7-8,15-18,25H,9-14,19H2,1-2H3,(H,36,40)(H,34,35,37);3*1H3,(H,2,3,4). The zero-order valence-electron chi connectivity index (χ0n) is 30.5. The van der Waals surface area contributed by atoms with Crippen molar-refractivity contribution in [3.8, 4) is 11.8 Å². The monoisotopic (exact) mass is 836 g/mol. The minimum Gasteiger partial charge on any atom is -0.351 e. The molecule has 5 N–H and O–H groups in total. The molecule has 1 amide bonds. The lowest BCUT2D eigenvalue weighted by Gasteiger charge is -2.33. The summed E-state index contributed by atoms with van der Waals surface area (Å²) in [7, 11) is -9.00. The van der Waals surface area contributed by atoms with Crippen molar-refractivity contribution < 1.29 is 56.9 Å². The molecule has 304 valence electrons. The molecule has 55 heavy (non-hydrogen) atoms. The molecule has 1 aliphatic carbocycles. The van der Waals surface area contributed by atoms with Crippen LogP contribution in [-0.4, -0.2) is 123 Å². The van der Waals surface area contributed by atoms with Crippen molar-refractivity contribution in [2.45, 2.75) is 38.5 Å². The summed E-state index contributed by atoms with van der Waals surface area (Å²) in [5.74, 6) is 6.13. The van der Waals surface area contributed by atoms with Crippen LogP contribution in [0.1, 0.15) is 51.0 Å². The highest BCUT2D eigenvalue weighted by Gasteiger charge is 2.34. The molecule has 22 heteroatoms. The van der Waals surface area contributed by atoms with Crippen LogP contribution in [0.5, 0.6) is 0 Å². The quantitative estimate of drug-likeness (QED) is 0.177. The number of benzene rings is 2. The molecular formula is C33H43F3N6O10S3. The lowest BCUT2D eigenvalue weighted by atomic mass is 10.0. The highest BCUT2D eigenvalue weighted by molar-refractivity contribution is 7.85. The van der Waals surface area contributed by atoms with Gasteiger partial charge in [-0.25, -0.2) is 9.97 Å². The van der Waals surface area contributed by atoms with Crippen LogP contribution < -0.4 is 10.6 Å². The topological polar surface area (TPSA) is 236 Å². The summed E-state index contributed by atoms with van der Waals surface area (Å²) in [6.45, 7) is 5.13. The van der Waals surface area contributed by atoms with E-state index in [1.807, 2.05) is 18.9 Å². The molecule has 1 aliphatic heterocycles. The number of anilines is 2. The molecule has 2 fully saturated rings. The summed E-state index contributed by atoms with van der Waals surface area (Å²) in [5, 5.41) is 5.84. The zero-order chi connectivity index (χ0) is 41.8. The normalized spacial score (nSPS) is 15.0. The Morgan fingerprint density at radius 1 is 0.855 bits per heavy atom. The van der Waals surface area contributed by atoms with Crippen LogP contribution >= 0.6 is 0 Å². The Balaban J connectivity index is 0.000000592. The fraction of sp³-hybridized carbons (Fsp3) is 0.424. The average molecular weight is 837 g/mol. The molecule has 0 bridgehead atoms. The van der Waals surface area contributed by atoms with Gasteiger partial charge in [0, 0.05) is 68.0 Å². The molecular weight excluding hydrogens is 794 g/mol. The Kier molecular flexibility index (Phi) is 17.2. The summed E-state index contributed by atoms with van der Waals surface area (Å²) in [4.78, 5) is 25.7. The van der Waals surface area contributed by atoms with E-state index in [9.17, 15) is 43.2 Å². The van der Waals surface area contributed by atoms with Crippen molar-refractivity contribution in [1.82, 2.24) is 19.8 Å². The third kappa shape index (κ3) is 22.1. The number of aryl methyl sites for hydroxylation is 1. The molecule has 2 aliphatic rings. The minimum absolute atomic E-state index is 0.0877. The largest absolute Gasteiger partial charge is 0.416 e. The number of carbonyl (C=O) groups excluding carboxylic acids is 1. The van der Waals surface area contributed by atoms with Gasteiger partial charge < -0.3 is 15.5 Å². The van der Waals surface area contributed by atoms with Crippen molar-refractivity contribution in [3.63, 3.8) is 0 Å². The molecule has 0 spiro atoms. The van der Waals surface area contributed by atoms with Crippen molar-refractivity contribution >= 4 is 47.9 Å². The van der Waals surface area contributed by atoms with Crippen LogP contribution in [-0.2, 0) is 43.1 Å². The minimum atomic E-state index is -4.54. The van der Waals surface area contributed by atoms with Crippen LogP contribution in [0.25, 0.3) is 0 Å². The number of hydrogen-bond acceptors (Lipinski definition) is 12. The fourth-order valence-electron chi connectivity index (χ4n) is 4.42. The van der Waals surface area contributed by atoms with Crippen molar-refractivity contribution in [1.29, 1.82) is 0 Å². The van der Waals surface area contributed by atoms with E-state index in [0.29, 0.717) is 60.5 Å². The van der Waals surface area contributed by atoms with E-state index < -0.39 is 48.0 Å². The van der Waals surface area contributed by atoms with Crippen LogP contribution in [0.2, 0.25) is 0 Å². The molecule has 2 aromatic carbocycles. The van der Waals surface area contributed by atoms with Crippen LogP contribution in [0.15, 0.2) is 48.8 Å². The number of halogens is 3. The van der Waals surface area contributed by atoms with Gasteiger partial charge in [0.25, 0.3) is 36.3 Å². The van der Waals surface area contributed by atoms with Gasteiger partial charge in [-0.15, -0.1) is 0 Å². The summed E-state index contributed by atoms with van der Waals surface area (Å²) >= 11 is 0. The average Bonchev–Trinajstić information content (AvgIpc) is 3.84. The molecule has 5 rings (SSSR count). The number of alkyl halides is 3. The molecule has 1 saturated heterocycles.